The Morgan fingerprint density at radius 1 is 1.25 bits per heavy atom. The molecule has 0 amide bonds. The van der Waals surface area contributed by atoms with E-state index in [1.165, 1.54) is 11.6 Å². The van der Waals surface area contributed by atoms with Gasteiger partial charge in [-0.3, -0.25) is 4.98 Å². The van der Waals surface area contributed by atoms with Gasteiger partial charge < -0.3 is 5.73 Å². The molecular weight excluding hydrogens is 258 g/mol. The molecule has 0 spiro atoms. The Labute approximate surface area is 116 Å². The third kappa shape index (κ3) is 2.31. The molecule has 0 saturated heterocycles. The number of benzene rings is 1. The normalized spacial score (nSPS) is 18.9. The van der Waals surface area contributed by atoms with Crippen LogP contribution in [0.5, 0.6) is 0 Å². The van der Waals surface area contributed by atoms with Crippen molar-refractivity contribution in [2.45, 2.75) is 31.2 Å². The van der Waals surface area contributed by atoms with E-state index >= 15 is 0 Å². The van der Waals surface area contributed by atoms with Crippen LogP contribution in [0.15, 0.2) is 36.5 Å². The lowest BCUT2D eigenvalue weighted by Crippen LogP contribution is -2.30. The van der Waals surface area contributed by atoms with Gasteiger partial charge in [-0.1, -0.05) is 18.2 Å². The number of nitrogens with zero attached hydrogens (tertiary/aromatic N) is 1. The summed E-state index contributed by atoms with van der Waals surface area (Å²) in [6.07, 6.45) is 3.95. The highest BCUT2D eigenvalue weighted by atomic mass is 19.2. The minimum atomic E-state index is -0.820. The zero-order valence-electron chi connectivity index (χ0n) is 11.0. The van der Waals surface area contributed by atoms with E-state index in [0.717, 1.165) is 24.6 Å². The molecule has 0 aliphatic heterocycles. The lowest BCUT2D eigenvalue weighted by atomic mass is 9.92. The minimum Gasteiger partial charge on any atom is -0.327 e. The van der Waals surface area contributed by atoms with Crippen LogP contribution in [-0.4, -0.2) is 11.0 Å². The second-order valence-electron chi connectivity index (χ2n) is 5.27. The average molecular weight is 274 g/mol. The predicted molar refractivity (Wildman–Crippen MR) is 73.3 cm³/mol. The number of rotatable bonds is 3. The Morgan fingerprint density at radius 2 is 2.10 bits per heavy atom. The molecule has 0 fully saturated rings. The van der Waals surface area contributed by atoms with E-state index in [1.54, 1.807) is 12.3 Å². The molecule has 1 aromatic heterocycles. The third-order valence-corrected chi connectivity index (χ3v) is 4.01. The molecule has 1 heterocycles. The highest BCUT2D eigenvalue weighted by Crippen LogP contribution is 2.34. The van der Waals surface area contributed by atoms with Crippen LogP contribution in [0.2, 0.25) is 0 Å². The van der Waals surface area contributed by atoms with Crippen molar-refractivity contribution in [3.05, 3.63) is 65.0 Å². The van der Waals surface area contributed by atoms with E-state index < -0.39 is 11.6 Å². The summed E-state index contributed by atoms with van der Waals surface area (Å²) in [4.78, 5) is 4.40. The fraction of sp³-hybridized carbons (Fsp3) is 0.312. The van der Waals surface area contributed by atoms with Crippen LogP contribution < -0.4 is 5.73 Å². The molecule has 2 aromatic rings. The quantitative estimate of drug-likeness (QED) is 0.934. The van der Waals surface area contributed by atoms with Gasteiger partial charge in [0.1, 0.15) is 0 Å². The minimum absolute atomic E-state index is 0.119. The van der Waals surface area contributed by atoms with Crippen molar-refractivity contribution in [3.8, 4) is 0 Å². The van der Waals surface area contributed by atoms with Crippen molar-refractivity contribution in [2.24, 2.45) is 5.73 Å². The molecule has 0 bridgehead atoms. The van der Waals surface area contributed by atoms with Crippen LogP contribution in [0.1, 0.15) is 29.2 Å². The molecule has 104 valence electrons. The van der Waals surface area contributed by atoms with Gasteiger partial charge in [0.2, 0.25) is 0 Å². The number of nitrogens with two attached hydrogens (primary N) is 1. The first kappa shape index (κ1) is 13.2. The summed E-state index contributed by atoms with van der Waals surface area (Å²) < 4.78 is 26.9. The summed E-state index contributed by atoms with van der Waals surface area (Å²) >= 11 is 0. The van der Waals surface area contributed by atoms with Gasteiger partial charge in [0.05, 0.1) is 0 Å². The SMILES string of the molecule is NC(Cc1cccc(F)c1F)C1CCc2cccnc21. The lowest BCUT2D eigenvalue weighted by Gasteiger charge is -2.20. The number of fused-ring (bicyclic) bond motifs is 1. The van der Waals surface area contributed by atoms with E-state index in [-0.39, 0.29) is 12.0 Å². The molecule has 2 N–H and O–H groups in total. The molecule has 2 nitrogen and oxygen atoms in total. The largest absolute Gasteiger partial charge is 0.327 e. The first-order valence-corrected chi connectivity index (χ1v) is 6.79. The van der Waals surface area contributed by atoms with Gasteiger partial charge in [0.15, 0.2) is 11.6 Å². The summed E-state index contributed by atoms with van der Waals surface area (Å²) in [5, 5.41) is 0. The summed E-state index contributed by atoms with van der Waals surface area (Å²) in [6.45, 7) is 0. The number of hydrogen-bond acceptors (Lipinski definition) is 2. The molecular formula is C16H16F2N2. The molecule has 3 rings (SSSR count). The summed E-state index contributed by atoms with van der Waals surface area (Å²) in [7, 11) is 0. The highest BCUT2D eigenvalue weighted by Gasteiger charge is 2.29. The number of pyridine rings is 1. The zero-order valence-corrected chi connectivity index (χ0v) is 11.0. The van der Waals surface area contributed by atoms with Crippen molar-refractivity contribution in [1.82, 2.24) is 4.98 Å². The molecule has 0 saturated carbocycles. The molecule has 1 aliphatic rings. The Morgan fingerprint density at radius 3 is 2.95 bits per heavy atom. The monoisotopic (exact) mass is 274 g/mol. The Bertz CT molecular complexity index is 628. The van der Waals surface area contributed by atoms with Crippen LogP contribution >= 0.6 is 0 Å². The average Bonchev–Trinajstić information content (AvgIpc) is 2.88. The topological polar surface area (TPSA) is 38.9 Å². The summed E-state index contributed by atoms with van der Waals surface area (Å²) in [5.74, 6) is -1.49. The number of aryl methyl sites for hydroxylation is 1. The van der Waals surface area contributed by atoms with Gasteiger partial charge in [-0.25, -0.2) is 8.78 Å². The van der Waals surface area contributed by atoms with Gasteiger partial charge in [-0.05, 0) is 42.5 Å². The van der Waals surface area contributed by atoms with Crippen LogP contribution in [-0.2, 0) is 12.8 Å². The van der Waals surface area contributed by atoms with Crippen LogP contribution in [0.4, 0.5) is 8.78 Å². The van der Waals surface area contributed by atoms with Gasteiger partial charge in [0.25, 0.3) is 0 Å². The molecule has 0 radical (unpaired) electrons. The lowest BCUT2D eigenvalue weighted by molar-refractivity contribution is 0.474. The van der Waals surface area contributed by atoms with E-state index in [0.29, 0.717) is 12.0 Å². The Kier molecular flexibility index (Phi) is 3.49. The van der Waals surface area contributed by atoms with Crippen LogP contribution in [0.25, 0.3) is 0 Å². The second-order valence-corrected chi connectivity index (χ2v) is 5.27. The fourth-order valence-corrected chi connectivity index (χ4v) is 2.96. The molecule has 2 atom stereocenters. The van der Waals surface area contributed by atoms with Crippen molar-refractivity contribution in [1.29, 1.82) is 0 Å². The third-order valence-electron chi connectivity index (χ3n) is 4.01. The zero-order chi connectivity index (χ0) is 14.1. The smallest absolute Gasteiger partial charge is 0.162 e. The maximum atomic E-state index is 13.7. The van der Waals surface area contributed by atoms with Gasteiger partial charge in [-0.2, -0.15) is 0 Å². The second kappa shape index (κ2) is 5.29. The van der Waals surface area contributed by atoms with Gasteiger partial charge >= 0.3 is 0 Å². The molecule has 1 aromatic carbocycles. The maximum absolute atomic E-state index is 13.7. The van der Waals surface area contributed by atoms with Crippen molar-refractivity contribution in [2.75, 3.05) is 0 Å². The fourth-order valence-electron chi connectivity index (χ4n) is 2.96. The summed E-state index contributed by atoms with van der Waals surface area (Å²) in [5.41, 5.74) is 8.78. The van der Waals surface area contributed by atoms with E-state index in [2.05, 4.69) is 11.1 Å². The van der Waals surface area contributed by atoms with Gasteiger partial charge in [0, 0.05) is 23.9 Å². The van der Waals surface area contributed by atoms with Gasteiger partial charge in [-0.15, -0.1) is 0 Å². The van der Waals surface area contributed by atoms with E-state index in [4.69, 9.17) is 5.73 Å². The van der Waals surface area contributed by atoms with Crippen molar-refractivity contribution >= 4 is 0 Å². The number of aromatic nitrogens is 1. The first-order chi connectivity index (χ1) is 9.66. The Hall–Kier alpha value is -1.81. The number of hydrogen-bond donors (Lipinski definition) is 1. The van der Waals surface area contributed by atoms with Crippen LogP contribution in [0.3, 0.4) is 0 Å². The maximum Gasteiger partial charge on any atom is 0.162 e. The highest BCUT2D eigenvalue weighted by molar-refractivity contribution is 5.31. The standard InChI is InChI=1S/C16H16F2N2/c17-13-5-1-3-11(15(13)18)9-14(19)12-7-6-10-4-2-8-20-16(10)12/h1-5,8,12,14H,6-7,9,19H2. The first-order valence-electron chi connectivity index (χ1n) is 6.79. The molecule has 1 aliphatic carbocycles. The molecule has 20 heavy (non-hydrogen) atoms. The predicted octanol–water partition coefficient (Wildman–Crippen LogP) is 2.96. The molecule has 4 heteroatoms. The number of halogens is 2. The summed E-state index contributed by atoms with van der Waals surface area (Å²) in [6, 6.07) is 7.95. The molecule has 2 unspecified atom stereocenters. The van der Waals surface area contributed by atoms with Crippen molar-refractivity contribution < 1.29 is 8.78 Å². The Balaban J connectivity index is 1.81. The van der Waals surface area contributed by atoms with E-state index in [9.17, 15) is 8.78 Å². The van der Waals surface area contributed by atoms with Crippen molar-refractivity contribution in [3.63, 3.8) is 0 Å². The van der Waals surface area contributed by atoms with Crippen LogP contribution in [0, 0.1) is 11.6 Å². The van der Waals surface area contributed by atoms with E-state index in [1.807, 2.05) is 6.07 Å².